The zero-order valence-corrected chi connectivity index (χ0v) is 11.5. The third-order valence-corrected chi connectivity index (χ3v) is 3.10. The van der Waals surface area contributed by atoms with Crippen LogP contribution in [0.3, 0.4) is 0 Å². The molecular formula is C14H11ClF2N2O2. The molecule has 0 unspecified atom stereocenters. The van der Waals surface area contributed by atoms with Crippen LogP contribution >= 0.6 is 11.6 Å². The maximum Gasteiger partial charge on any atom is 0.273 e. The first-order valence-corrected chi connectivity index (χ1v) is 6.42. The highest BCUT2D eigenvalue weighted by atomic mass is 35.5. The Morgan fingerprint density at radius 1 is 1.10 bits per heavy atom. The maximum atomic E-state index is 13.0. The molecular weight excluding hydrogens is 302 g/mol. The molecule has 0 aliphatic heterocycles. The molecule has 0 atom stereocenters. The van der Waals surface area contributed by atoms with Gasteiger partial charge in [-0.2, -0.15) is 0 Å². The average molecular weight is 313 g/mol. The largest absolute Gasteiger partial charge is 0.308 e. The van der Waals surface area contributed by atoms with Crippen molar-refractivity contribution >= 4 is 17.3 Å². The van der Waals surface area contributed by atoms with Crippen molar-refractivity contribution in [2.24, 2.45) is 0 Å². The summed E-state index contributed by atoms with van der Waals surface area (Å²) < 4.78 is 25.8. The predicted molar refractivity (Wildman–Crippen MR) is 75.0 cm³/mol. The molecule has 2 rings (SSSR count). The van der Waals surface area contributed by atoms with Crippen LogP contribution in [0.1, 0.15) is 11.1 Å². The second-order valence-electron chi connectivity index (χ2n) is 4.38. The van der Waals surface area contributed by atoms with Gasteiger partial charge in [-0.3, -0.25) is 10.1 Å². The molecule has 2 aromatic rings. The highest BCUT2D eigenvalue weighted by molar-refractivity contribution is 6.30. The summed E-state index contributed by atoms with van der Waals surface area (Å²) >= 11 is 5.81. The van der Waals surface area contributed by atoms with E-state index in [1.807, 2.05) is 0 Å². The van der Waals surface area contributed by atoms with Gasteiger partial charge in [0.2, 0.25) is 0 Å². The van der Waals surface area contributed by atoms with Crippen LogP contribution in [0.25, 0.3) is 0 Å². The van der Waals surface area contributed by atoms with Gasteiger partial charge < -0.3 is 5.32 Å². The summed E-state index contributed by atoms with van der Waals surface area (Å²) in [6, 6.07) is 7.83. The minimum absolute atomic E-state index is 0.0443. The van der Waals surface area contributed by atoms with Crippen LogP contribution in [0, 0.1) is 21.7 Å². The number of hydrogen-bond donors (Lipinski definition) is 1. The maximum absolute atomic E-state index is 13.0. The van der Waals surface area contributed by atoms with Gasteiger partial charge in [0.15, 0.2) is 11.6 Å². The Morgan fingerprint density at radius 3 is 2.52 bits per heavy atom. The summed E-state index contributed by atoms with van der Waals surface area (Å²) in [6.45, 7) is 0.441. The summed E-state index contributed by atoms with van der Waals surface area (Å²) in [5, 5.41) is 14.2. The number of benzene rings is 2. The lowest BCUT2D eigenvalue weighted by Gasteiger charge is -2.07. The second kappa shape index (κ2) is 6.60. The van der Waals surface area contributed by atoms with E-state index in [0.717, 1.165) is 12.1 Å². The van der Waals surface area contributed by atoms with Crippen molar-refractivity contribution in [3.63, 3.8) is 0 Å². The Kier molecular flexibility index (Phi) is 4.82. The first kappa shape index (κ1) is 15.3. The number of rotatable bonds is 5. The minimum atomic E-state index is -0.928. The van der Waals surface area contributed by atoms with Gasteiger partial charge in [-0.15, -0.1) is 0 Å². The quantitative estimate of drug-likeness (QED) is 0.674. The van der Waals surface area contributed by atoms with Gasteiger partial charge in [-0.05, 0) is 29.8 Å². The Bertz CT molecular complexity index is 680. The van der Waals surface area contributed by atoms with E-state index in [1.165, 1.54) is 24.3 Å². The molecule has 21 heavy (non-hydrogen) atoms. The molecule has 0 amide bonds. The zero-order chi connectivity index (χ0) is 15.4. The molecule has 1 N–H and O–H groups in total. The molecule has 7 heteroatoms. The van der Waals surface area contributed by atoms with E-state index < -0.39 is 16.6 Å². The second-order valence-corrected chi connectivity index (χ2v) is 4.82. The molecule has 0 heterocycles. The van der Waals surface area contributed by atoms with Crippen LogP contribution in [0.4, 0.5) is 14.5 Å². The van der Waals surface area contributed by atoms with E-state index in [1.54, 1.807) is 0 Å². The standard InChI is InChI=1S/C14H11ClF2N2O2/c15-11-2-4-14(19(20)21)10(6-11)8-18-7-9-1-3-12(16)13(17)5-9/h1-6,18H,7-8H2. The van der Waals surface area contributed by atoms with Gasteiger partial charge in [0.05, 0.1) is 4.92 Å². The molecule has 0 saturated carbocycles. The van der Waals surface area contributed by atoms with Gasteiger partial charge in [-0.1, -0.05) is 17.7 Å². The number of nitrogens with one attached hydrogen (secondary N) is 1. The number of nitrogens with zero attached hydrogens (tertiary/aromatic N) is 1. The normalized spacial score (nSPS) is 10.6. The van der Waals surface area contributed by atoms with Crippen molar-refractivity contribution in [2.45, 2.75) is 13.1 Å². The fourth-order valence-corrected chi connectivity index (χ4v) is 2.06. The average Bonchev–Trinajstić information content (AvgIpc) is 2.42. The third-order valence-electron chi connectivity index (χ3n) is 2.87. The fourth-order valence-electron chi connectivity index (χ4n) is 1.86. The molecule has 0 bridgehead atoms. The van der Waals surface area contributed by atoms with Crippen LogP contribution < -0.4 is 5.32 Å². The molecule has 0 fully saturated rings. The van der Waals surface area contributed by atoms with Gasteiger partial charge in [0.1, 0.15) is 0 Å². The smallest absolute Gasteiger partial charge is 0.273 e. The zero-order valence-electron chi connectivity index (χ0n) is 10.8. The molecule has 0 aromatic heterocycles. The fraction of sp³-hybridized carbons (Fsp3) is 0.143. The monoisotopic (exact) mass is 312 g/mol. The summed E-state index contributed by atoms with van der Waals surface area (Å²) in [4.78, 5) is 10.4. The minimum Gasteiger partial charge on any atom is -0.308 e. The summed E-state index contributed by atoms with van der Waals surface area (Å²) in [7, 11) is 0. The molecule has 4 nitrogen and oxygen atoms in total. The number of nitro benzene ring substituents is 1. The number of halogens is 3. The lowest BCUT2D eigenvalue weighted by atomic mass is 10.1. The molecule has 0 aliphatic rings. The van der Waals surface area contributed by atoms with Gasteiger partial charge in [-0.25, -0.2) is 8.78 Å². The number of hydrogen-bond acceptors (Lipinski definition) is 3. The lowest BCUT2D eigenvalue weighted by Crippen LogP contribution is -2.14. The van der Waals surface area contributed by atoms with Crippen molar-refractivity contribution in [3.8, 4) is 0 Å². The summed E-state index contributed by atoms with van der Waals surface area (Å²) in [5.74, 6) is -1.84. The van der Waals surface area contributed by atoms with E-state index >= 15 is 0 Å². The molecule has 0 saturated heterocycles. The van der Waals surface area contributed by atoms with Crippen molar-refractivity contribution in [1.29, 1.82) is 0 Å². The topological polar surface area (TPSA) is 55.2 Å². The van der Waals surface area contributed by atoms with Crippen molar-refractivity contribution in [1.82, 2.24) is 5.32 Å². The van der Waals surface area contributed by atoms with E-state index in [9.17, 15) is 18.9 Å². The highest BCUT2D eigenvalue weighted by Gasteiger charge is 2.13. The molecule has 0 radical (unpaired) electrons. The van der Waals surface area contributed by atoms with Crippen LogP contribution in [-0.2, 0) is 13.1 Å². The van der Waals surface area contributed by atoms with Crippen LogP contribution in [-0.4, -0.2) is 4.92 Å². The molecule has 0 aliphatic carbocycles. The van der Waals surface area contributed by atoms with Crippen LogP contribution in [0.15, 0.2) is 36.4 Å². The Morgan fingerprint density at radius 2 is 1.86 bits per heavy atom. The van der Waals surface area contributed by atoms with Gasteiger partial charge >= 0.3 is 0 Å². The van der Waals surface area contributed by atoms with Gasteiger partial charge in [0.25, 0.3) is 5.69 Å². The molecule has 0 spiro atoms. The van der Waals surface area contributed by atoms with E-state index in [0.29, 0.717) is 16.1 Å². The summed E-state index contributed by atoms with van der Waals surface area (Å²) in [6.07, 6.45) is 0. The molecule has 2 aromatic carbocycles. The lowest BCUT2D eigenvalue weighted by molar-refractivity contribution is -0.385. The SMILES string of the molecule is O=[N+]([O-])c1ccc(Cl)cc1CNCc1ccc(F)c(F)c1. The summed E-state index contributed by atoms with van der Waals surface area (Å²) in [5.41, 5.74) is 0.922. The van der Waals surface area contributed by atoms with E-state index in [2.05, 4.69) is 5.32 Å². The van der Waals surface area contributed by atoms with E-state index in [4.69, 9.17) is 11.6 Å². The molecule has 110 valence electrons. The Hall–Kier alpha value is -2.05. The van der Waals surface area contributed by atoms with Crippen molar-refractivity contribution in [3.05, 3.63) is 74.3 Å². The Labute approximate surface area is 124 Å². The third kappa shape index (κ3) is 3.96. The van der Waals surface area contributed by atoms with Crippen LogP contribution in [0.5, 0.6) is 0 Å². The first-order valence-electron chi connectivity index (χ1n) is 6.05. The predicted octanol–water partition coefficient (Wildman–Crippen LogP) is 3.82. The Balaban J connectivity index is 2.04. The van der Waals surface area contributed by atoms with E-state index in [-0.39, 0.29) is 18.8 Å². The van der Waals surface area contributed by atoms with Crippen molar-refractivity contribution < 1.29 is 13.7 Å². The highest BCUT2D eigenvalue weighted by Crippen LogP contribution is 2.22. The van der Waals surface area contributed by atoms with Gasteiger partial charge in [0, 0.05) is 29.7 Å². The number of nitro groups is 1. The first-order chi connectivity index (χ1) is 9.97. The van der Waals surface area contributed by atoms with Crippen molar-refractivity contribution in [2.75, 3.05) is 0 Å². The van der Waals surface area contributed by atoms with Crippen LogP contribution in [0.2, 0.25) is 5.02 Å².